The number of benzene rings is 1. The zero-order valence-electron chi connectivity index (χ0n) is 13.3. The van der Waals surface area contributed by atoms with Crippen molar-refractivity contribution in [2.45, 2.75) is 46.1 Å². The van der Waals surface area contributed by atoms with E-state index in [1.54, 1.807) is 11.3 Å². The van der Waals surface area contributed by atoms with Crippen LogP contribution in [0.2, 0.25) is 0 Å². The lowest BCUT2D eigenvalue weighted by Gasteiger charge is -2.19. The number of hydrogen-bond acceptors (Lipinski definition) is 3. The molecular formula is C17H23BrN2S. The number of nitrogens with one attached hydrogen (secondary N) is 1. The molecule has 0 amide bonds. The molecule has 1 N–H and O–H groups in total. The van der Waals surface area contributed by atoms with Crippen molar-refractivity contribution in [1.29, 1.82) is 0 Å². The summed E-state index contributed by atoms with van der Waals surface area (Å²) < 4.78 is 1.14. The van der Waals surface area contributed by atoms with E-state index >= 15 is 0 Å². The van der Waals surface area contributed by atoms with Gasteiger partial charge in [-0.3, -0.25) is 0 Å². The molecular weight excluding hydrogens is 344 g/mol. The quantitative estimate of drug-likeness (QED) is 0.802. The van der Waals surface area contributed by atoms with Crippen LogP contribution in [0.5, 0.6) is 0 Å². The first-order valence-corrected chi connectivity index (χ1v) is 8.95. The van der Waals surface area contributed by atoms with Crippen molar-refractivity contribution in [3.05, 3.63) is 49.9 Å². The molecule has 0 bridgehead atoms. The van der Waals surface area contributed by atoms with Crippen LogP contribution in [0.15, 0.2) is 28.1 Å². The van der Waals surface area contributed by atoms with Crippen molar-refractivity contribution in [1.82, 2.24) is 10.3 Å². The Hall–Kier alpha value is -0.710. The molecule has 0 spiro atoms. The molecule has 1 aromatic heterocycles. The van der Waals surface area contributed by atoms with Crippen LogP contribution in [0.3, 0.4) is 0 Å². The third-order valence-corrected chi connectivity index (χ3v) is 5.01. The van der Waals surface area contributed by atoms with Crippen LogP contribution >= 0.6 is 27.3 Å². The first-order valence-electron chi connectivity index (χ1n) is 7.28. The fourth-order valence-electron chi connectivity index (χ4n) is 2.17. The normalized spacial score (nSPS) is 13.4. The number of hydrogen-bond donors (Lipinski definition) is 1. The van der Waals surface area contributed by atoms with Gasteiger partial charge in [0, 0.05) is 15.3 Å². The molecule has 2 aromatic rings. The first kappa shape index (κ1) is 16.7. The summed E-state index contributed by atoms with van der Waals surface area (Å²) in [6.07, 6.45) is 0. The molecule has 0 aliphatic rings. The molecule has 0 fully saturated rings. The predicted molar refractivity (Wildman–Crippen MR) is 95.2 cm³/mol. The average Bonchev–Trinajstić information content (AvgIpc) is 2.86. The molecule has 2 rings (SSSR count). The number of nitrogens with zero attached hydrogens (tertiary/aromatic N) is 1. The average molecular weight is 367 g/mol. The van der Waals surface area contributed by atoms with Crippen LogP contribution in [0.4, 0.5) is 0 Å². The first-order chi connectivity index (χ1) is 9.82. The van der Waals surface area contributed by atoms with Gasteiger partial charge in [-0.25, -0.2) is 4.98 Å². The fourth-order valence-corrected chi connectivity index (χ4v) is 4.02. The second-order valence-electron chi connectivity index (χ2n) is 6.34. The molecule has 0 aliphatic carbocycles. The van der Waals surface area contributed by atoms with Gasteiger partial charge in [-0.05, 0) is 30.7 Å². The minimum absolute atomic E-state index is 0.0933. The highest BCUT2D eigenvalue weighted by atomic mass is 79.9. The monoisotopic (exact) mass is 366 g/mol. The second-order valence-corrected chi connectivity index (χ2v) is 8.08. The van der Waals surface area contributed by atoms with Gasteiger partial charge in [-0.2, -0.15) is 0 Å². The van der Waals surface area contributed by atoms with Gasteiger partial charge in [0.1, 0.15) is 5.01 Å². The van der Waals surface area contributed by atoms with Crippen molar-refractivity contribution in [3.63, 3.8) is 0 Å². The van der Waals surface area contributed by atoms with E-state index < -0.39 is 0 Å². The highest BCUT2D eigenvalue weighted by Crippen LogP contribution is 2.33. The topological polar surface area (TPSA) is 24.9 Å². The molecule has 21 heavy (non-hydrogen) atoms. The van der Waals surface area contributed by atoms with Crippen LogP contribution in [0.1, 0.15) is 55.6 Å². The third kappa shape index (κ3) is 3.93. The van der Waals surface area contributed by atoms with E-state index in [1.165, 1.54) is 11.1 Å². The van der Waals surface area contributed by atoms with Crippen LogP contribution in [0, 0.1) is 6.92 Å². The van der Waals surface area contributed by atoms with Gasteiger partial charge in [0.05, 0.1) is 11.7 Å². The molecule has 0 saturated carbocycles. The summed E-state index contributed by atoms with van der Waals surface area (Å²) in [5.41, 5.74) is 3.76. The van der Waals surface area contributed by atoms with Crippen LogP contribution < -0.4 is 5.32 Å². The molecule has 1 aromatic carbocycles. The highest BCUT2D eigenvalue weighted by molar-refractivity contribution is 9.10. The van der Waals surface area contributed by atoms with Gasteiger partial charge in [-0.15, -0.1) is 11.3 Å². The highest BCUT2D eigenvalue weighted by Gasteiger charge is 2.23. The lowest BCUT2D eigenvalue weighted by molar-refractivity contribution is 0.562. The van der Waals surface area contributed by atoms with Crippen LogP contribution in [0.25, 0.3) is 0 Å². The Kier molecular flexibility index (Phi) is 5.23. The third-order valence-electron chi connectivity index (χ3n) is 3.41. The largest absolute Gasteiger partial charge is 0.305 e. The lowest BCUT2D eigenvalue weighted by atomic mass is 9.93. The van der Waals surface area contributed by atoms with Crippen LogP contribution in [-0.4, -0.2) is 11.5 Å². The molecule has 1 atom stereocenters. The molecule has 1 heterocycles. The lowest BCUT2D eigenvalue weighted by Crippen LogP contribution is -2.23. The number of aromatic nitrogens is 1. The maximum Gasteiger partial charge on any atom is 0.114 e. The zero-order chi connectivity index (χ0) is 15.6. The maximum absolute atomic E-state index is 4.88. The van der Waals surface area contributed by atoms with Gasteiger partial charge in [0.15, 0.2) is 0 Å². The summed E-state index contributed by atoms with van der Waals surface area (Å²) in [7, 11) is 0. The minimum Gasteiger partial charge on any atom is -0.305 e. The van der Waals surface area contributed by atoms with Gasteiger partial charge < -0.3 is 5.32 Å². The number of thiazole rings is 1. The molecule has 2 nitrogen and oxygen atoms in total. The van der Waals surface area contributed by atoms with Gasteiger partial charge in [0.2, 0.25) is 0 Å². The van der Waals surface area contributed by atoms with E-state index in [0.29, 0.717) is 0 Å². The summed E-state index contributed by atoms with van der Waals surface area (Å²) in [6, 6.07) is 6.65. The Labute approximate surface area is 140 Å². The van der Waals surface area contributed by atoms with E-state index in [4.69, 9.17) is 4.98 Å². The minimum atomic E-state index is 0.0933. The van der Waals surface area contributed by atoms with E-state index in [-0.39, 0.29) is 11.5 Å². The number of halogens is 1. The Morgan fingerprint density at radius 1 is 1.33 bits per heavy atom. The molecule has 114 valence electrons. The molecule has 0 aliphatic heterocycles. The Balaban J connectivity index is 2.41. The van der Waals surface area contributed by atoms with E-state index in [0.717, 1.165) is 21.7 Å². The predicted octanol–water partition coefficient (Wildman–Crippen LogP) is 5.21. The summed E-state index contributed by atoms with van der Waals surface area (Å²) in [5, 5.41) is 6.87. The van der Waals surface area contributed by atoms with Gasteiger partial charge >= 0.3 is 0 Å². The summed E-state index contributed by atoms with van der Waals surface area (Å²) in [6.45, 7) is 11.8. The summed E-state index contributed by atoms with van der Waals surface area (Å²) >= 11 is 5.44. The molecule has 4 heteroatoms. The maximum atomic E-state index is 4.88. The Bertz CT molecular complexity index is 613. The van der Waals surface area contributed by atoms with Crippen molar-refractivity contribution >= 4 is 27.3 Å². The summed E-state index contributed by atoms with van der Waals surface area (Å²) in [5.74, 6) is 0. The molecule has 0 radical (unpaired) electrons. The van der Waals surface area contributed by atoms with Crippen molar-refractivity contribution < 1.29 is 0 Å². The smallest absolute Gasteiger partial charge is 0.114 e. The standard InChI is InChI=1S/C17H23BrN2S/c1-6-19-15(12-8-7-11(2)9-13(12)18)16-20-14(10-21-16)17(3,4)5/h7-10,15,19H,6H2,1-5H3. The van der Waals surface area contributed by atoms with E-state index in [2.05, 4.69) is 79.4 Å². The van der Waals surface area contributed by atoms with Gasteiger partial charge in [0.25, 0.3) is 0 Å². The van der Waals surface area contributed by atoms with Crippen LogP contribution in [-0.2, 0) is 5.41 Å². The number of aryl methyl sites for hydroxylation is 1. The fraction of sp³-hybridized carbons (Fsp3) is 0.471. The van der Waals surface area contributed by atoms with Gasteiger partial charge in [-0.1, -0.05) is 55.8 Å². The molecule has 0 saturated heterocycles. The summed E-state index contributed by atoms with van der Waals surface area (Å²) in [4.78, 5) is 4.88. The second kappa shape index (κ2) is 6.59. The number of rotatable bonds is 4. The van der Waals surface area contributed by atoms with E-state index in [9.17, 15) is 0 Å². The SMILES string of the molecule is CCNC(c1nc(C(C)(C)C)cs1)c1ccc(C)cc1Br. The van der Waals surface area contributed by atoms with Crippen molar-refractivity contribution in [2.75, 3.05) is 6.54 Å². The Morgan fingerprint density at radius 2 is 2.05 bits per heavy atom. The van der Waals surface area contributed by atoms with Crippen molar-refractivity contribution in [2.24, 2.45) is 0 Å². The Morgan fingerprint density at radius 3 is 2.57 bits per heavy atom. The zero-order valence-corrected chi connectivity index (χ0v) is 15.7. The van der Waals surface area contributed by atoms with Crippen molar-refractivity contribution in [3.8, 4) is 0 Å². The van der Waals surface area contributed by atoms with E-state index in [1.807, 2.05) is 0 Å². The molecule has 1 unspecified atom stereocenters.